The molecule has 26 heavy (non-hydrogen) atoms. The second-order valence-electron chi connectivity index (χ2n) is 6.54. The molecule has 0 saturated carbocycles. The highest BCUT2D eigenvalue weighted by atomic mass is 35.5. The average Bonchev–Trinajstić information content (AvgIpc) is 2.62. The van der Waals surface area contributed by atoms with Crippen LogP contribution in [-0.4, -0.2) is 35.3 Å². The first kappa shape index (κ1) is 19.8. The van der Waals surface area contributed by atoms with E-state index in [1.54, 1.807) is 33.3 Å². The number of nitrogens with one attached hydrogen (secondary N) is 1. The third-order valence-electron chi connectivity index (χ3n) is 4.11. The minimum atomic E-state index is -1.28. The molecule has 1 aromatic heterocycles. The second kappa shape index (κ2) is 8.27. The molecule has 0 fully saturated rings. The molecule has 1 heterocycles. The van der Waals surface area contributed by atoms with Crippen LogP contribution in [0.4, 0.5) is 10.1 Å². The van der Waals surface area contributed by atoms with Crippen molar-refractivity contribution in [1.82, 2.24) is 9.88 Å². The first-order valence-corrected chi connectivity index (χ1v) is 8.50. The van der Waals surface area contributed by atoms with Gasteiger partial charge in [-0.15, -0.1) is 0 Å². The SMILES string of the molecule is CN(CCc1ccncc1)C(=O)C(C)(C)C(=O)Nc1ccc(F)c(Cl)c1. The summed E-state index contributed by atoms with van der Waals surface area (Å²) in [6.07, 6.45) is 4.06. The fraction of sp³-hybridized carbons (Fsp3) is 0.316. The van der Waals surface area contributed by atoms with Crippen molar-refractivity contribution < 1.29 is 14.0 Å². The first-order chi connectivity index (χ1) is 12.2. The van der Waals surface area contributed by atoms with Gasteiger partial charge in [0, 0.05) is 31.7 Å². The minimum Gasteiger partial charge on any atom is -0.345 e. The van der Waals surface area contributed by atoms with Gasteiger partial charge in [-0.25, -0.2) is 4.39 Å². The van der Waals surface area contributed by atoms with Crippen molar-refractivity contribution >= 4 is 29.1 Å². The van der Waals surface area contributed by atoms with E-state index in [0.29, 0.717) is 18.7 Å². The van der Waals surface area contributed by atoms with Crippen LogP contribution in [-0.2, 0) is 16.0 Å². The Morgan fingerprint density at radius 2 is 1.88 bits per heavy atom. The van der Waals surface area contributed by atoms with E-state index >= 15 is 0 Å². The van der Waals surface area contributed by atoms with Crippen molar-refractivity contribution in [3.8, 4) is 0 Å². The quantitative estimate of drug-likeness (QED) is 0.783. The van der Waals surface area contributed by atoms with Crippen molar-refractivity contribution in [3.05, 3.63) is 59.1 Å². The average molecular weight is 378 g/mol. The number of benzene rings is 1. The van der Waals surface area contributed by atoms with Crippen molar-refractivity contribution in [2.45, 2.75) is 20.3 Å². The van der Waals surface area contributed by atoms with Crippen LogP contribution in [0.3, 0.4) is 0 Å². The largest absolute Gasteiger partial charge is 0.345 e. The maximum absolute atomic E-state index is 13.2. The van der Waals surface area contributed by atoms with Gasteiger partial charge in [0.1, 0.15) is 11.2 Å². The summed E-state index contributed by atoms with van der Waals surface area (Å²) in [6, 6.07) is 7.63. The van der Waals surface area contributed by atoms with Crippen molar-refractivity contribution in [1.29, 1.82) is 0 Å². The minimum absolute atomic E-state index is 0.0959. The highest BCUT2D eigenvalue weighted by Crippen LogP contribution is 2.24. The van der Waals surface area contributed by atoms with Crippen LogP contribution in [0.15, 0.2) is 42.7 Å². The summed E-state index contributed by atoms with van der Waals surface area (Å²) < 4.78 is 13.2. The maximum atomic E-state index is 13.2. The standard InChI is InChI=1S/C19H21ClFN3O2/c1-19(2,17(25)23-14-4-5-16(21)15(20)12-14)18(26)24(3)11-8-13-6-9-22-10-7-13/h4-7,9-10,12H,8,11H2,1-3H3,(H,23,25). The lowest BCUT2D eigenvalue weighted by atomic mass is 9.90. The number of carbonyl (C=O) groups is 2. The zero-order valence-corrected chi connectivity index (χ0v) is 15.7. The van der Waals surface area contributed by atoms with E-state index in [0.717, 1.165) is 11.6 Å². The lowest BCUT2D eigenvalue weighted by molar-refractivity contribution is -0.145. The zero-order chi connectivity index (χ0) is 19.3. The maximum Gasteiger partial charge on any atom is 0.239 e. The number of likely N-dealkylation sites (N-methyl/N-ethyl adjacent to an activating group) is 1. The summed E-state index contributed by atoms with van der Waals surface area (Å²) in [5.41, 5.74) is 0.109. The number of hydrogen-bond donors (Lipinski definition) is 1. The van der Waals surface area contributed by atoms with E-state index in [2.05, 4.69) is 10.3 Å². The van der Waals surface area contributed by atoms with E-state index in [1.807, 2.05) is 12.1 Å². The smallest absolute Gasteiger partial charge is 0.239 e. The van der Waals surface area contributed by atoms with Gasteiger partial charge in [0.25, 0.3) is 0 Å². The Morgan fingerprint density at radius 1 is 1.23 bits per heavy atom. The number of amides is 2. The van der Waals surface area contributed by atoms with Crippen LogP contribution in [0.5, 0.6) is 0 Å². The predicted molar refractivity (Wildman–Crippen MR) is 99.4 cm³/mol. The molecule has 5 nitrogen and oxygen atoms in total. The molecule has 0 aliphatic carbocycles. The van der Waals surface area contributed by atoms with Gasteiger partial charge < -0.3 is 10.2 Å². The molecule has 0 spiro atoms. The monoisotopic (exact) mass is 377 g/mol. The molecule has 2 rings (SSSR count). The molecule has 138 valence electrons. The van der Waals surface area contributed by atoms with Gasteiger partial charge in [-0.05, 0) is 56.2 Å². The molecule has 0 saturated heterocycles. The molecule has 0 bridgehead atoms. The Bertz CT molecular complexity index is 797. The summed E-state index contributed by atoms with van der Waals surface area (Å²) in [4.78, 5) is 30.7. The molecule has 0 unspecified atom stereocenters. The Hall–Kier alpha value is -2.47. The summed E-state index contributed by atoms with van der Waals surface area (Å²) in [6.45, 7) is 3.58. The Kier molecular flexibility index (Phi) is 6.32. The van der Waals surface area contributed by atoms with Gasteiger partial charge in [-0.2, -0.15) is 0 Å². The predicted octanol–water partition coefficient (Wildman–Crippen LogP) is 3.54. The number of rotatable bonds is 6. The number of aromatic nitrogens is 1. The zero-order valence-electron chi connectivity index (χ0n) is 14.9. The van der Waals surface area contributed by atoms with Crippen LogP contribution >= 0.6 is 11.6 Å². The van der Waals surface area contributed by atoms with Gasteiger partial charge in [0.05, 0.1) is 5.02 Å². The van der Waals surface area contributed by atoms with Crippen LogP contribution in [0.25, 0.3) is 0 Å². The molecule has 0 aliphatic rings. The van der Waals surface area contributed by atoms with Crippen molar-refractivity contribution in [2.24, 2.45) is 5.41 Å². The van der Waals surface area contributed by atoms with Crippen molar-refractivity contribution in [2.75, 3.05) is 18.9 Å². The molecular formula is C19H21ClFN3O2. The summed E-state index contributed by atoms with van der Waals surface area (Å²) in [7, 11) is 1.66. The molecule has 1 N–H and O–H groups in total. The number of hydrogen-bond acceptors (Lipinski definition) is 3. The van der Waals surface area contributed by atoms with E-state index in [1.165, 1.54) is 17.0 Å². The van der Waals surface area contributed by atoms with Gasteiger partial charge in [-0.1, -0.05) is 11.6 Å². The second-order valence-corrected chi connectivity index (χ2v) is 6.95. The topological polar surface area (TPSA) is 62.3 Å². The third kappa shape index (κ3) is 4.79. The number of carbonyl (C=O) groups excluding carboxylic acids is 2. The van der Waals surface area contributed by atoms with E-state index in [9.17, 15) is 14.0 Å². The van der Waals surface area contributed by atoms with Crippen LogP contribution in [0, 0.1) is 11.2 Å². The van der Waals surface area contributed by atoms with E-state index < -0.39 is 17.1 Å². The van der Waals surface area contributed by atoms with Crippen LogP contribution in [0.2, 0.25) is 5.02 Å². The summed E-state index contributed by atoms with van der Waals surface area (Å²) >= 11 is 5.72. The van der Waals surface area contributed by atoms with Crippen LogP contribution < -0.4 is 5.32 Å². The molecule has 0 radical (unpaired) electrons. The lowest BCUT2D eigenvalue weighted by Gasteiger charge is -2.28. The summed E-state index contributed by atoms with van der Waals surface area (Å²) in [5, 5.41) is 2.52. The van der Waals surface area contributed by atoms with Crippen molar-refractivity contribution in [3.63, 3.8) is 0 Å². The molecular weight excluding hydrogens is 357 g/mol. The summed E-state index contributed by atoms with van der Waals surface area (Å²) in [5.74, 6) is -1.37. The number of halogens is 2. The first-order valence-electron chi connectivity index (χ1n) is 8.13. The lowest BCUT2D eigenvalue weighted by Crippen LogP contribution is -2.46. The number of pyridine rings is 1. The molecule has 0 aliphatic heterocycles. The molecule has 2 amide bonds. The fourth-order valence-electron chi connectivity index (χ4n) is 2.38. The van der Waals surface area contributed by atoms with Gasteiger partial charge in [0.15, 0.2) is 0 Å². The Morgan fingerprint density at radius 3 is 2.50 bits per heavy atom. The molecule has 0 atom stereocenters. The fourth-order valence-corrected chi connectivity index (χ4v) is 2.56. The number of anilines is 1. The van der Waals surface area contributed by atoms with Gasteiger partial charge in [0.2, 0.25) is 11.8 Å². The van der Waals surface area contributed by atoms with Gasteiger partial charge in [-0.3, -0.25) is 14.6 Å². The molecule has 7 heteroatoms. The number of nitrogens with zero attached hydrogens (tertiary/aromatic N) is 2. The normalized spacial score (nSPS) is 11.1. The molecule has 1 aromatic carbocycles. The highest BCUT2D eigenvalue weighted by molar-refractivity contribution is 6.31. The third-order valence-corrected chi connectivity index (χ3v) is 4.40. The van der Waals surface area contributed by atoms with E-state index in [4.69, 9.17) is 11.6 Å². The highest BCUT2D eigenvalue weighted by Gasteiger charge is 2.38. The Labute approximate surface area is 157 Å². The van der Waals surface area contributed by atoms with E-state index in [-0.39, 0.29) is 10.9 Å². The van der Waals surface area contributed by atoms with Crippen LogP contribution in [0.1, 0.15) is 19.4 Å². The van der Waals surface area contributed by atoms with Gasteiger partial charge >= 0.3 is 0 Å². The molecule has 2 aromatic rings. The Balaban J connectivity index is 2.00.